The number of rotatable bonds is 5. The Bertz CT molecular complexity index is 360. The minimum atomic E-state index is -0.863. The molecule has 1 aliphatic heterocycles. The number of carboxylic acids is 1. The summed E-state index contributed by atoms with van der Waals surface area (Å²) in [7, 11) is 0. The van der Waals surface area contributed by atoms with E-state index in [0.29, 0.717) is 12.8 Å². The number of piperidine rings is 1. The van der Waals surface area contributed by atoms with Crippen molar-refractivity contribution in [2.75, 3.05) is 0 Å². The van der Waals surface area contributed by atoms with Gasteiger partial charge in [0.05, 0.1) is 0 Å². The van der Waals surface area contributed by atoms with Crippen LogP contribution in [0.15, 0.2) is 0 Å². The van der Waals surface area contributed by atoms with E-state index >= 15 is 0 Å². The van der Waals surface area contributed by atoms with Gasteiger partial charge in [-0.25, -0.2) is 4.79 Å². The molecule has 0 aromatic rings. The third-order valence-corrected chi connectivity index (χ3v) is 3.72. The van der Waals surface area contributed by atoms with E-state index in [9.17, 15) is 14.4 Å². The van der Waals surface area contributed by atoms with Crippen LogP contribution in [0.2, 0.25) is 0 Å². The molecule has 0 bridgehead atoms. The number of carbonyl (C=O) groups is 3. The van der Waals surface area contributed by atoms with E-state index in [1.807, 2.05) is 13.8 Å². The van der Waals surface area contributed by atoms with Crippen molar-refractivity contribution in [3.63, 3.8) is 0 Å². The molecule has 0 spiro atoms. The van der Waals surface area contributed by atoms with E-state index in [-0.39, 0.29) is 36.9 Å². The highest BCUT2D eigenvalue weighted by Gasteiger charge is 2.29. The maximum atomic E-state index is 12.1. The average molecular weight is 284 g/mol. The van der Waals surface area contributed by atoms with E-state index < -0.39 is 5.97 Å². The molecule has 1 rings (SSSR count). The van der Waals surface area contributed by atoms with Crippen LogP contribution in [0.4, 0.5) is 4.79 Å². The summed E-state index contributed by atoms with van der Waals surface area (Å²) in [5.74, 6) is -1.19. The minimum absolute atomic E-state index is 0.0570. The van der Waals surface area contributed by atoms with Crippen molar-refractivity contribution in [3.05, 3.63) is 0 Å². The molecule has 6 nitrogen and oxygen atoms in total. The molecule has 1 saturated heterocycles. The lowest BCUT2D eigenvalue weighted by atomic mass is 9.98. The number of hydrogen-bond acceptors (Lipinski definition) is 3. The maximum absolute atomic E-state index is 12.1. The number of nitrogens with one attached hydrogen (secondary N) is 1. The van der Waals surface area contributed by atoms with E-state index in [4.69, 9.17) is 5.11 Å². The van der Waals surface area contributed by atoms with Gasteiger partial charge in [-0.3, -0.25) is 14.9 Å². The maximum Gasteiger partial charge on any atom is 0.324 e. The summed E-state index contributed by atoms with van der Waals surface area (Å²) in [6, 6.07) is -0.0231. The SMILES string of the molecule is CC1CCCC(C)N1C(=O)NC(=O)CCCCC(=O)O. The van der Waals surface area contributed by atoms with Gasteiger partial charge in [0.15, 0.2) is 0 Å². The first kappa shape index (κ1) is 16.5. The van der Waals surface area contributed by atoms with Gasteiger partial charge in [-0.05, 0) is 46.0 Å². The number of carboxylic acid groups (broad SMARTS) is 1. The van der Waals surface area contributed by atoms with Gasteiger partial charge in [-0.1, -0.05) is 0 Å². The first-order valence-electron chi connectivity index (χ1n) is 7.25. The van der Waals surface area contributed by atoms with Crippen LogP contribution in [-0.4, -0.2) is 40.0 Å². The van der Waals surface area contributed by atoms with Gasteiger partial charge in [0, 0.05) is 24.9 Å². The topological polar surface area (TPSA) is 86.7 Å². The number of likely N-dealkylation sites (tertiary alicyclic amines) is 1. The van der Waals surface area contributed by atoms with Crippen molar-refractivity contribution < 1.29 is 19.5 Å². The molecule has 20 heavy (non-hydrogen) atoms. The molecule has 6 heteroatoms. The summed E-state index contributed by atoms with van der Waals surface area (Å²) in [5, 5.41) is 10.9. The minimum Gasteiger partial charge on any atom is -0.481 e. The highest BCUT2D eigenvalue weighted by Crippen LogP contribution is 2.22. The molecule has 0 aromatic heterocycles. The average Bonchev–Trinajstić information content (AvgIpc) is 2.34. The summed E-state index contributed by atoms with van der Waals surface area (Å²) >= 11 is 0. The molecule has 1 fully saturated rings. The van der Waals surface area contributed by atoms with Crippen molar-refractivity contribution in [1.82, 2.24) is 10.2 Å². The first-order valence-corrected chi connectivity index (χ1v) is 7.25. The van der Waals surface area contributed by atoms with Crippen molar-refractivity contribution in [1.29, 1.82) is 0 Å². The lowest BCUT2D eigenvalue weighted by molar-refractivity contribution is -0.137. The molecule has 1 aliphatic rings. The Kier molecular flexibility index (Phi) is 6.48. The van der Waals surface area contributed by atoms with Crippen LogP contribution in [0.25, 0.3) is 0 Å². The zero-order valence-electron chi connectivity index (χ0n) is 12.2. The van der Waals surface area contributed by atoms with Crippen molar-refractivity contribution in [2.45, 2.75) is 70.9 Å². The fourth-order valence-corrected chi connectivity index (χ4v) is 2.63. The molecular weight excluding hydrogens is 260 g/mol. The number of nitrogens with zero attached hydrogens (tertiary/aromatic N) is 1. The number of imide groups is 1. The highest BCUT2D eigenvalue weighted by atomic mass is 16.4. The Morgan fingerprint density at radius 3 is 2.20 bits per heavy atom. The third-order valence-electron chi connectivity index (χ3n) is 3.72. The molecule has 2 N–H and O–H groups in total. The second kappa shape index (κ2) is 7.87. The molecular formula is C14H24N2O4. The zero-order chi connectivity index (χ0) is 15.1. The monoisotopic (exact) mass is 284 g/mol. The summed E-state index contributed by atoms with van der Waals surface area (Å²) in [4.78, 5) is 35.8. The van der Waals surface area contributed by atoms with Crippen LogP contribution in [-0.2, 0) is 9.59 Å². The Hall–Kier alpha value is -1.59. The normalized spacial score (nSPS) is 22.4. The second-order valence-electron chi connectivity index (χ2n) is 5.49. The Morgan fingerprint density at radius 1 is 1.10 bits per heavy atom. The van der Waals surface area contributed by atoms with Crippen molar-refractivity contribution in [3.8, 4) is 0 Å². The van der Waals surface area contributed by atoms with Crippen molar-refractivity contribution >= 4 is 17.9 Å². The number of unbranched alkanes of at least 4 members (excludes halogenated alkanes) is 1. The standard InChI is InChI=1S/C14H24N2O4/c1-10-6-5-7-11(2)16(10)14(20)15-12(17)8-3-4-9-13(18)19/h10-11H,3-9H2,1-2H3,(H,18,19)(H,15,17,20). The quantitative estimate of drug-likeness (QED) is 0.757. The Morgan fingerprint density at radius 2 is 1.65 bits per heavy atom. The van der Waals surface area contributed by atoms with E-state index in [1.165, 1.54) is 0 Å². The van der Waals surface area contributed by atoms with E-state index in [2.05, 4.69) is 5.32 Å². The highest BCUT2D eigenvalue weighted by molar-refractivity contribution is 5.94. The number of amides is 3. The summed E-state index contributed by atoms with van der Waals surface area (Å²) in [5.41, 5.74) is 0. The van der Waals surface area contributed by atoms with Gasteiger partial charge in [0.1, 0.15) is 0 Å². The number of carbonyl (C=O) groups excluding carboxylic acids is 2. The Labute approximate surface area is 119 Å². The van der Waals surface area contributed by atoms with E-state index in [0.717, 1.165) is 19.3 Å². The van der Waals surface area contributed by atoms with Crippen LogP contribution in [0, 0.1) is 0 Å². The van der Waals surface area contributed by atoms with Gasteiger partial charge >= 0.3 is 12.0 Å². The van der Waals surface area contributed by atoms with Crippen LogP contribution in [0.1, 0.15) is 58.8 Å². The first-order chi connectivity index (χ1) is 9.41. The molecule has 0 aliphatic carbocycles. The lowest BCUT2D eigenvalue weighted by Crippen LogP contribution is -2.53. The molecule has 1 heterocycles. The fourth-order valence-electron chi connectivity index (χ4n) is 2.63. The third kappa shape index (κ3) is 5.19. The summed E-state index contributed by atoms with van der Waals surface area (Å²) in [6.45, 7) is 3.99. The molecule has 2 unspecified atom stereocenters. The van der Waals surface area contributed by atoms with Crippen LogP contribution < -0.4 is 5.32 Å². The zero-order valence-corrected chi connectivity index (χ0v) is 12.2. The fraction of sp³-hybridized carbons (Fsp3) is 0.786. The molecule has 3 amide bonds. The number of hydrogen-bond donors (Lipinski definition) is 2. The predicted octanol–water partition coefficient (Wildman–Crippen LogP) is 2.13. The molecule has 0 saturated carbocycles. The summed E-state index contributed by atoms with van der Waals surface area (Å²) < 4.78 is 0. The molecule has 114 valence electrons. The Balaban J connectivity index is 2.33. The smallest absolute Gasteiger partial charge is 0.324 e. The van der Waals surface area contributed by atoms with Gasteiger partial charge in [0.25, 0.3) is 0 Å². The number of aliphatic carboxylic acids is 1. The van der Waals surface area contributed by atoms with Crippen LogP contribution in [0.5, 0.6) is 0 Å². The van der Waals surface area contributed by atoms with E-state index in [1.54, 1.807) is 4.90 Å². The van der Waals surface area contributed by atoms with Gasteiger partial charge in [-0.15, -0.1) is 0 Å². The second-order valence-corrected chi connectivity index (χ2v) is 5.49. The lowest BCUT2D eigenvalue weighted by Gasteiger charge is -2.38. The number of urea groups is 1. The van der Waals surface area contributed by atoms with Gasteiger partial charge in [-0.2, -0.15) is 0 Å². The largest absolute Gasteiger partial charge is 0.481 e. The molecule has 0 aromatic carbocycles. The van der Waals surface area contributed by atoms with Crippen LogP contribution in [0.3, 0.4) is 0 Å². The van der Waals surface area contributed by atoms with Crippen molar-refractivity contribution in [2.24, 2.45) is 0 Å². The van der Waals surface area contributed by atoms with Gasteiger partial charge < -0.3 is 10.0 Å². The predicted molar refractivity (Wildman–Crippen MR) is 74.3 cm³/mol. The van der Waals surface area contributed by atoms with Crippen LogP contribution >= 0.6 is 0 Å². The summed E-state index contributed by atoms with van der Waals surface area (Å²) in [6.07, 6.45) is 4.21. The van der Waals surface area contributed by atoms with Gasteiger partial charge in [0.2, 0.25) is 5.91 Å². The molecule has 0 radical (unpaired) electrons. The molecule has 2 atom stereocenters.